The molecule has 1 aromatic heterocycles. The van der Waals surface area contributed by atoms with Crippen LogP contribution in [-0.4, -0.2) is 21.1 Å². The highest BCUT2D eigenvalue weighted by atomic mass is 35.5. The molecule has 0 aliphatic rings. The van der Waals surface area contributed by atoms with Crippen LogP contribution in [0.25, 0.3) is 0 Å². The molecule has 2 rings (SSSR count). The highest BCUT2D eigenvalue weighted by molar-refractivity contribution is 7.16. The summed E-state index contributed by atoms with van der Waals surface area (Å²) in [5.74, 6) is 0. The van der Waals surface area contributed by atoms with E-state index in [2.05, 4.69) is 54.6 Å². The molecular formula is C14H17ClN2S. The van der Waals surface area contributed by atoms with Crippen molar-refractivity contribution >= 4 is 28.6 Å². The SMILES string of the molecule is CNC(c1cccc(N(C)C)c1)c1ccc(Cl)s1. The Morgan fingerprint density at radius 3 is 2.56 bits per heavy atom. The number of hydrogen-bond donors (Lipinski definition) is 1. The van der Waals surface area contributed by atoms with Crippen LogP contribution >= 0.6 is 22.9 Å². The van der Waals surface area contributed by atoms with Gasteiger partial charge < -0.3 is 10.2 Å². The van der Waals surface area contributed by atoms with E-state index in [0.717, 1.165) is 4.34 Å². The summed E-state index contributed by atoms with van der Waals surface area (Å²) in [7, 11) is 6.08. The standard InChI is InChI=1S/C14H17ClN2S/c1-16-14(12-7-8-13(15)18-12)10-5-4-6-11(9-10)17(2)3/h4-9,14,16H,1-3H3. The zero-order valence-electron chi connectivity index (χ0n) is 10.8. The lowest BCUT2D eigenvalue weighted by atomic mass is 10.0. The molecule has 0 aliphatic heterocycles. The fourth-order valence-electron chi connectivity index (χ4n) is 1.94. The summed E-state index contributed by atoms with van der Waals surface area (Å²) in [6, 6.07) is 12.8. The molecule has 0 spiro atoms. The van der Waals surface area contributed by atoms with Gasteiger partial charge in [0.1, 0.15) is 0 Å². The van der Waals surface area contributed by atoms with Gasteiger partial charge in [-0.05, 0) is 36.9 Å². The average molecular weight is 281 g/mol. The third-order valence-electron chi connectivity index (χ3n) is 2.89. The number of thiophene rings is 1. The van der Waals surface area contributed by atoms with Crippen LogP contribution in [0.3, 0.4) is 0 Å². The van der Waals surface area contributed by atoms with Crippen LogP contribution in [0, 0.1) is 0 Å². The van der Waals surface area contributed by atoms with Gasteiger partial charge in [0.15, 0.2) is 0 Å². The quantitative estimate of drug-likeness (QED) is 0.917. The van der Waals surface area contributed by atoms with Crippen molar-refractivity contribution in [2.24, 2.45) is 0 Å². The van der Waals surface area contributed by atoms with Crippen molar-refractivity contribution in [3.05, 3.63) is 51.2 Å². The molecule has 1 aromatic carbocycles. The second-order valence-corrected chi connectivity index (χ2v) is 6.10. The van der Waals surface area contributed by atoms with Crippen LogP contribution in [-0.2, 0) is 0 Å². The van der Waals surface area contributed by atoms with Gasteiger partial charge in [-0.15, -0.1) is 11.3 Å². The first-order valence-corrected chi connectivity index (χ1v) is 7.01. The Hall–Kier alpha value is -1.03. The number of hydrogen-bond acceptors (Lipinski definition) is 3. The Labute approximate surface area is 117 Å². The smallest absolute Gasteiger partial charge is 0.0931 e. The highest BCUT2D eigenvalue weighted by Crippen LogP contribution is 2.31. The third kappa shape index (κ3) is 2.86. The van der Waals surface area contributed by atoms with E-state index in [1.807, 2.05) is 13.1 Å². The Morgan fingerprint density at radius 1 is 1.22 bits per heavy atom. The van der Waals surface area contributed by atoms with Gasteiger partial charge in [0, 0.05) is 24.7 Å². The summed E-state index contributed by atoms with van der Waals surface area (Å²) >= 11 is 7.63. The summed E-state index contributed by atoms with van der Waals surface area (Å²) in [5.41, 5.74) is 2.46. The molecular weight excluding hydrogens is 264 g/mol. The van der Waals surface area contributed by atoms with E-state index in [9.17, 15) is 0 Å². The molecule has 1 atom stereocenters. The van der Waals surface area contributed by atoms with E-state index >= 15 is 0 Å². The third-order valence-corrected chi connectivity index (χ3v) is 4.18. The van der Waals surface area contributed by atoms with Gasteiger partial charge in [0.2, 0.25) is 0 Å². The first-order valence-electron chi connectivity index (χ1n) is 5.81. The molecule has 0 amide bonds. The fraction of sp³-hybridized carbons (Fsp3) is 0.286. The van der Waals surface area contributed by atoms with Gasteiger partial charge in [0.25, 0.3) is 0 Å². The normalized spacial score (nSPS) is 12.4. The Kier molecular flexibility index (Phi) is 4.27. The summed E-state index contributed by atoms with van der Waals surface area (Å²) in [5, 5.41) is 3.35. The van der Waals surface area contributed by atoms with Crippen molar-refractivity contribution < 1.29 is 0 Å². The number of rotatable bonds is 4. The molecule has 2 aromatic rings. The molecule has 1 heterocycles. The number of anilines is 1. The monoisotopic (exact) mass is 280 g/mol. The average Bonchev–Trinajstić information content (AvgIpc) is 2.77. The molecule has 18 heavy (non-hydrogen) atoms. The maximum atomic E-state index is 6.01. The summed E-state index contributed by atoms with van der Waals surface area (Å²) in [4.78, 5) is 3.34. The topological polar surface area (TPSA) is 15.3 Å². The van der Waals surface area contributed by atoms with E-state index in [0.29, 0.717) is 0 Å². The first kappa shape index (κ1) is 13.4. The van der Waals surface area contributed by atoms with Crippen molar-refractivity contribution in [1.82, 2.24) is 5.32 Å². The predicted molar refractivity (Wildman–Crippen MR) is 81.0 cm³/mol. The Balaban J connectivity index is 2.35. The Morgan fingerprint density at radius 2 is 2.00 bits per heavy atom. The van der Waals surface area contributed by atoms with Crippen LogP contribution in [0.5, 0.6) is 0 Å². The van der Waals surface area contributed by atoms with Crippen molar-refractivity contribution in [2.75, 3.05) is 26.0 Å². The van der Waals surface area contributed by atoms with Crippen molar-refractivity contribution in [2.45, 2.75) is 6.04 Å². The van der Waals surface area contributed by atoms with Gasteiger partial charge in [-0.3, -0.25) is 0 Å². The number of nitrogens with zero attached hydrogens (tertiary/aromatic N) is 1. The zero-order valence-corrected chi connectivity index (χ0v) is 12.3. The number of nitrogens with one attached hydrogen (secondary N) is 1. The van der Waals surface area contributed by atoms with Gasteiger partial charge in [0.05, 0.1) is 10.4 Å². The molecule has 0 saturated heterocycles. The lowest BCUT2D eigenvalue weighted by Crippen LogP contribution is -2.17. The maximum Gasteiger partial charge on any atom is 0.0931 e. The molecule has 0 saturated carbocycles. The van der Waals surface area contributed by atoms with Crippen molar-refractivity contribution in [3.63, 3.8) is 0 Å². The second kappa shape index (κ2) is 5.74. The zero-order chi connectivity index (χ0) is 13.1. The maximum absolute atomic E-state index is 6.01. The van der Waals surface area contributed by atoms with Gasteiger partial charge in [-0.2, -0.15) is 0 Å². The minimum absolute atomic E-state index is 0.197. The molecule has 0 bridgehead atoms. The molecule has 96 valence electrons. The molecule has 1 N–H and O–H groups in total. The minimum atomic E-state index is 0.197. The van der Waals surface area contributed by atoms with E-state index in [1.54, 1.807) is 11.3 Å². The molecule has 1 unspecified atom stereocenters. The highest BCUT2D eigenvalue weighted by Gasteiger charge is 2.14. The Bertz CT molecular complexity index is 522. The second-order valence-electron chi connectivity index (χ2n) is 4.35. The summed E-state index contributed by atoms with van der Waals surface area (Å²) in [6.07, 6.45) is 0. The van der Waals surface area contributed by atoms with E-state index in [4.69, 9.17) is 11.6 Å². The molecule has 0 fully saturated rings. The minimum Gasteiger partial charge on any atom is -0.378 e. The van der Waals surface area contributed by atoms with E-state index in [-0.39, 0.29) is 6.04 Å². The van der Waals surface area contributed by atoms with Gasteiger partial charge in [-0.25, -0.2) is 0 Å². The van der Waals surface area contributed by atoms with Crippen LogP contribution in [0.15, 0.2) is 36.4 Å². The molecule has 4 heteroatoms. The van der Waals surface area contributed by atoms with Crippen molar-refractivity contribution in [3.8, 4) is 0 Å². The van der Waals surface area contributed by atoms with Crippen LogP contribution in [0.2, 0.25) is 4.34 Å². The first-order chi connectivity index (χ1) is 8.61. The van der Waals surface area contributed by atoms with E-state index < -0.39 is 0 Å². The lowest BCUT2D eigenvalue weighted by molar-refractivity contribution is 0.704. The predicted octanol–water partition coefficient (Wildman–Crippen LogP) is 3.78. The number of halogens is 1. The van der Waals surface area contributed by atoms with Gasteiger partial charge >= 0.3 is 0 Å². The number of benzene rings is 1. The van der Waals surface area contributed by atoms with Crippen LogP contribution in [0.4, 0.5) is 5.69 Å². The van der Waals surface area contributed by atoms with E-state index in [1.165, 1.54) is 16.1 Å². The summed E-state index contributed by atoms with van der Waals surface area (Å²) < 4.78 is 0.828. The summed E-state index contributed by atoms with van der Waals surface area (Å²) in [6.45, 7) is 0. The molecule has 0 radical (unpaired) electrons. The van der Waals surface area contributed by atoms with Crippen molar-refractivity contribution in [1.29, 1.82) is 0 Å². The lowest BCUT2D eigenvalue weighted by Gasteiger charge is -2.18. The molecule has 0 aliphatic carbocycles. The molecule has 2 nitrogen and oxygen atoms in total. The fourth-order valence-corrected chi connectivity index (χ4v) is 3.14. The largest absolute Gasteiger partial charge is 0.378 e. The van der Waals surface area contributed by atoms with Crippen LogP contribution < -0.4 is 10.2 Å². The van der Waals surface area contributed by atoms with Crippen LogP contribution in [0.1, 0.15) is 16.5 Å². The van der Waals surface area contributed by atoms with Gasteiger partial charge in [-0.1, -0.05) is 23.7 Å².